The minimum Gasteiger partial charge on any atom is -0.457 e. The zero-order chi connectivity index (χ0) is 34.9. The first kappa shape index (κ1) is 29.9. The fourth-order valence-electron chi connectivity index (χ4n) is 8.21. The largest absolute Gasteiger partial charge is 0.457 e. The minimum atomic E-state index is -0.717. The van der Waals surface area contributed by atoms with E-state index in [0.717, 1.165) is 72.1 Å². The van der Waals surface area contributed by atoms with Gasteiger partial charge in [0.1, 0.15) is 16.5 Å². The van der Waals surface area contributed by atoms with E-state index in [9.17, 15) is 0 Å². The predicted molar refractivity (Wildman–Crippen MR) is 212 cm³/mol. The van der Waals surface area contributed by atoms with Gasteiger partial charge in [-0.25, -0.2) is 19.9 Å². The Bertz CT molecular complexity index is 2750. The molecule has 0 N–H and O–H groups in total. The van der Waals surface area contributed by atoms with Crippen molar-refractivity contribution in [2.75, 3.05) is 0 Å². The molecule has 6 heteroatoms. The SMILES string of the molecule is c1ccc(-c2nc(-c3ccccc3)nc(-c3cccc4c3C3(c5ccccc5Oc5ccccc53)c3ccc(-c5nc6ccccc6s5)cc3-4)n2)cc1. The van der Waals surface area contributed by atoms with Crippen molar-refractivity contribution in [1.82, 2.24) is 19.9 Å². The van der Waals surface area contributed by atoms with Gasteiger partial charge >= 0.3 is 0 Å². The molecule has 3 heterocycles. The Hall–Kier alpha value is -6.76. The lowest BCUT2D eigenvalue weighted by Crippen LogP contribution is -2.32. The summed E-state index contributed by atoms with van der Waals surface area (Å²) in [5, 5.41) is 0.998. The van der Waals surface area contributed by atoms with E-state index in [1.165, 1.54) is 10.3 Å². The maximum absolute atomic E-state index is 6.67. The van der Waals surface area contributed by atoms with Gasteiger partial charge in [0.15, 0.2) is 17.5 Å². The van der Waals surface area contributed by atoms with E-state index in [-0.39, 0.29) is 0 Å². The number of ether oxygens (including phenoxy) is 1. The Morgan fingerprint density at radius 3 is 1.68 bits per heavy atom. The number of benzene rings is 7. The van der Waals surface area contributed by atoms with Crippen LogP contribution in [0.2, 0.25) is 0 Å². The summed E-state index contributed by atoms with van der Waals surface area (Å²) >= 11 is 1.72. The number of nitrogens with zero attached hydrogens (tertiary/aromatic N) is 4. The minimum absolute atomic E-state index is 0.620. The van der Waals surface area contributed by atoms with Crippen LogP contribution in [0, 0.1) is 0 Å². The molecule has 0 bridgehead atoms. The number of thiazole rings is 1. The van der Waals surface area contributed by atoms with Crippen LogP contribution in [0.15, 0.2) is 170 Å². The van der Waals surface area contributed by atoms with Crippen LogP contribution in [0.4, 0.5) is 0 Å². The van der Waals surface area contributed by atoms with Gasteiger partial charge in [0.25, 0.3) is 0 Å². The molecule has 0 unspecified atom stereocenters. The predicted octanol–water partition coefficient (Wildman–Crippen LogP) is 11.6. The van der Waals surface area contributed by atoms with E-state index in [0.29, 0.717) is 17.5 Å². The van der Waals surface area contributed by atoms with Crippen molar-refractivity contribution in [2.24, 2.45) is 0 Å². The molecule has 0 atom stereocenters. The molecule has 11 rings (SSSR count). The standard InChI is InChI=1S/C47H28N4OS/c1-3-14-29(15-4-1)43-49-44(30-16-5-2-6-17-30)51-45(50-43)33-19-13-18-32-34-28-31(46-48-38-22-9-12-25-41(38)53-46)26-27-35(34)47(42(32)33)36-20-7-10-23-39(36)52-40-24-11-8-21-37(40)47/h1-28H. The van der Waals surface area contributed by atoms with Gasteiger partial charge in [-0.05, 0) is 52.6 Å². The quantitative estimate of drug-likeness (QED) is 0.183. The highest BCUT2D eigenvalue weighted by molar-refractivity contribution is 7.21. The van der Waals surface area contributed by atoms with Crippen molar-refractivity contribution < 1.29 is 4.74 Å². The second kappa shape index (κ2) is 11.6. The van der Waals surface area contributed by atoms with Crippen molar-refractivity contribution >= 4 is 21.6 Å². The van der Waals surface area contributed by atoms with Crippen LogP contribution in [-0.4, -0.2) is 19.9 Å². The number of hydrogen-bond acceptors (Lipinski definition) is 6. The van der Waals surface area contributed by atoms with Gasteiger partial charge in [-0.15, -0.1) is 11.3 Å². The molecule has 2 aliphatic rings. The first-order valence-electron chi connectivity index (χ1n) is 17.6. The third-order valence-corrected chi connectivity index (χ3v) is 11.5. The fourth-order valence-corrected chi connectivity index (χ4v) is 9.17. The zero-order valence-electron chi connectivity index (χ0n) is 28.3. The van der Waals surface area contributed by atoms with Crippen molar-refractivity contribution in [3.05, 3.63) is 192 Å². The van der Waals surface area contributed by atoms with Crippen molar-refractivity contribution in [1.29, 1.82) is 0 Å². The summed E-state index contributed by atoms with van der Waals surface area (Å²) in [4.78, 5) is 20.6. The first-order chi connectivity index (χ1) is 26.3. The molecule has 0 amide bonds. The summed E-state index contributed by atoms with van der Waals surface area (Å²) in [5.41, 5.74) is 11.0. The Labute approximate surface area is 309 Å². The monoisotopic (exact) mass is 696 g/mol. The average Bonchev–Trinajstić information content (AvgIpc) is 3.79. The molecule has 9 aromatic rings. The molecule has 0 radical (unpaired) electrons. The molecule has 7 aromatic carbocycles. The first-order valence-corrected chi connectivity index (χ1v) is 18.5. The number of aromatic nitrogens is 4. The summed E-state index contributed by atoms with van der Waals surface area (Å²) < 4.78 is 7.84. The third-order valence-electron chi connectivity index (χ3n) is 10.4. The van der Waals surface area contributed by atoms with Gasteiger partial charge in [-0.1, -0.05) is 140 Å². The molecular formula is C47H28N4OS. The summed E-state index contributed by atoms with van der Waals surface area (Å²) in [6, 6.07) is 58.9. The van der Waals surface area contributed by atoms with Gasteiger partial charge in [0.05, 0.1) is 15.6 Å². The normalized spacial score (nSPS) is 13.2. The molecule has 1 aliphatic heterocycles. The van der Waals surface area contributed by atoms with Crippen LogP contribution in [0.5, 0.6) is 11.5 Å². The molecule has 0 saturated carbocycles. The zero-order valence-corrected chi connectivity index (χ0v) is 29.1. The Balaban J connectivity index is 1.24. The van der Waals surface area contributed by atoms with Gasteiger partial charge in [-0.2, -0.15) is 0 Å². The van der Waals surface area contributed by atoms with E-state index in [1.54, 1.807) is 11.3 Å². The van der Waals surface area contributed by atoms with Crippen molar-refractivity contribution in [2.45, 2.75) is 5.41 Å². The maximum atomic E-state index is 6.67. The molecule has 2 aromatic heterocycles. The molecule has 0 fully saturated rings. The van der Waals surface area contributed by atoms with Crippen LogP contribution < -0.4 is 4.74 Å². The van der Waals surface area contributed by atoms with Gasteiger partial charge in [-0.3, -0.25) is 0 Å². The number of rotatable bonds is 4. The van der Waals surface area contributed by atoms with Crippen LogP contribution in [0.1, 0.15) is 22.3 Å². The highest BCUT2D eigenvalue weighted by Gasteiger charge is 2.52. The molecule has 0 saturated heterocycles. The smallest absolute Gasteiger partial charge is 0.164 e. The Morgan fingerprint density at radius 2 is 1.00 bits per heavy atom. The van der Waals surface area contributed by atoms with Gasteiger partial charge < -0.3 is 4.74 Å². The molecule has 1 spiro atoms. The summed E-state index contributed by atoms with van der Waals surface area (Å²) in [5.74, 6) is 3.54. The lowest BCUT2D eigenvalue weighted by molar-refractivity contribution is 0.436. The second-order valence-electron chi connectivity index (χ2n) is 13.4. The van der Waals surface area contributed by atoms with Crippen LogP contribution >= 0.6 is 11.3 Å². The second-order valence-corrected chi connectivity index (χ2v) is 14.4. The van der Waals surface area contributed by atoms with Crippen LogP contribution in [-0.2, 0) is 5.41 Å². The topological polar surface area (TPSA) is 60.8 Å². The van der Waals surface area contributed by atoms with Gasteiger partial charge in [0.2, 0.25) is 0 Å². The molecular weight excluding hydrogens is 669 g/mol. The van der Waals surface area contributed by atoms with Crippen molar-refractivity contribution in [3.8, 4) is 67.4 Å². The Kier molecular flexibility index (Phi) is 6.57. The average molecular weight is 697 g/mol. The van der Waals surface area contributed by atoms with E-state index in [2.05, 4.69) is 115 Å². The molecule has 1 aliphatic carbocycles. The Morgan fingerprint density at radius 1 is 0.415 bits per heavy atom. The van der Waals surface area contributed by atoms with Gasteiger partial charge in [0, 0.05) is 33.4 Å². The van der Waals surface area contributed by atoms with E-state index >= 15 is 0 Å². The van der Waals surface area contributed by atoms with E-state index in [1.807, 2.05) is 54.6 Å². The van der Waals surface area contributed by atoms with Crippen LogP contribution in [0.3, 0.4) is 0 Å². The molecule has 53 heavy (non-hydrogen) atoms. The molecule has 248 valence electrons. The molecule has 5 nitrogen and oxygen atoms in total. The maximum Gasteiger partial charge on any atom is 0.164 e. The number of fused-ring (bicyclic) bond motifs is 10. The van der Waals surface area contributed by atoms with E-state index < -0.39 is 5.41 Å². The van der Waals surface area contributed by atoms with E-state index in [4.69, 9.17) is 24.7 Å². The fraction of sp³-hybridized carbons (Fsp3) is 0.0213. The lowest BCUT2D eigenvalue weighted by Gasteiger charge is -2.40. The van der Waals surface area contributed by atoms with Crippen LogP contribution in [0.25, 0.3) is 66.1 Å². The lowest BCUT2D eigenvalue weighted by atomic mass is 9.65. The number of hydrogen-bond donors (Lipinski definition) is 0. The summed E-state index contributed by atoms with van der Waals surface area (Å²) in [7, 11) is 0. The highest BCUT2D eigenvalue weighted by atomic mass is 32.1. The summed E-state index contributed by atoms with van der Waals surface area (Å²) in [6.45, 7) is 0. The van der Waals surface area contributed by atoms with Crippen molar-refractivity contribution in [3.63, 3.8) is 0 Å². The third kappa shape index (κ3) is 4.49. The number of para-hydroxylation sites is 3. The highest BCUT2D eigenvalue weighted by Crippen LogP contribution is 2.64. The summed E-state index contributed by atoms with van der Waals surface area (Å²) in [6.07, 6.45) is 0.